The van der Waals surface area contributed by atoms with Crippen molar-refractivity contribution in [2.24, 2.45) is 0 Å². The second-order valence-electron chi connectivity index (χ2n) is 5.38. The van der Waals surface area contributed by atoms with Gasteiger partial charge in [0.2, 0.25) is 0 Å². The second kappa shape index (κ2) is 6.20. The van der Waals surface area contributed by atoms with Crippen LogP contribution in [-0.4, -0.2) is 28.8 Å². The first kappa shape index (κ1) is 13.3. The molecule has 1 aromatic heterocycles. The Morgan fingerprint density at radius 2 is 2.15 bits per heavy atom. The number of ether oxygens (including phenoxy) is 1. The molecule has 2 unspecified atom stereocenters. The van der Waals surface area contributed by atoms with Crippen molar-refractivity contribution in [3.8, 4) is 5.69 Å². The van der Waals surface area contributed by atoms with Crippen LogP contribution in [0.25, 0.3) is 5.69 Å². The normalized spacial score (nSPS) is 22.2. The number of nitrogens with one attached hydrogen (secondary N) is 1. The van der Waals surface area contributed by atoms with Crippen LogP contribution in [0.15, 0.2) is 43.0 Å². The Bertz CT molecular complexity index is 521. The SMILES string of the molecule is COC1CCC(NCc2ccc(-n3ccnc3)cc2)C1. The first-order chi connectivity index (χ1) is 9.85. The van der Waals surface area contributed by atoms with Gasteiger partial charge in [0.25, 0.3) is 0 Å². The van der Waals surface area contributed by atoms with Crippen molar-refractivity contribution < 1.29 is 4.74 Å². The van der Waals surface area contributed by atoms with Gasteiger partial charge in [0.1, 0.15) is 0 Å². The van der Waals surface area contributed by atoms with Gasteiger partial charge in [0, 0.05) is 37.8 Å². The molecule has 1 heterocycles. The van der Waals surface area contributed by atoms with E-state index in [4.69, 9.17) is 4.74 Å². The summed E-state index contributed by atoms with van der Waals surface area (Å²) < 4.78 is 7.41. The van der Waals surface area contributed by atoms with Crippen LogP contribution in [0.1, 0.15) is 24.8 Å². The maximum Gasteiger partial charge on any atom is 0.0991 e. The van der Waals surface area contributed by atoms with Crippen molar-refractivity contribution in [1.29, 1.82) is 0 Å². The summed E-state index contributed by atoms with van der Waals surface area (Å²) in [4.78, 5) is 4.06. The van der Waals surface area contributed by atoms with Gasteiger partial charge < -0.3 is 14.6 Å². The lowest BCUT2D eigenvalue weighted by Crippen LogP contribution is -2.26. The first-order valence-electron chi connectivity index (χ1n) is 7.18. The molecule has 20 heavy (non-hydrogen) atoms. The number of methoxy groups -OCH3 is 1. The minimum Gasteiger partial charge on any atom is -0.381 e. The van der Waals surface area contributed by atoms with E-state index in [1.165, 1.54) is 18.4 Å². The quantitative estimate of drug-likeness (QED) is 0.908. The van der Waals surface area contributed by atoms with Crippen molar-refractivity contribution in [1.82, 2.24) is 14.9 Å². The van der Waals surface area contributed by atoms with E-state index in [0.717, 1.165) is 18.7 Å². The van der Waals surface area contributed by atoms with Gasteiger partial charge in [-0.2, -0.15) is 0 Å². The van der Waals surface area contributed by atoms with Gasteiger partial charge in [-0.1, -0.05) is 12.1 Å². The Kier molecular flexibility index (Phi) is 4.14. The maximum atomic E-state index is 5.40. The van der Waals surface area contributed by atoms with E-state index in [0.29, 0.717) is 12.1 Å². The van der Waals surface area contributed by atoms with Crippen LogP contribution >= 0.6 is 0 Å². The zero-order chi connectivity index (χ0) is 13.8. The molecule has 4 heteroatoms. The summed E-state index contributed by atoms with van der Waals surface area (Å²) in [5.74, 6) is 0. The van der Waals surface area contributed by atoms with Crippen molar-refractivity contribution in [3.05, 3.63) is 48.5 Å². The van der Waals surface area contributed by atoms with Gasteiger partial charge in [-0.15, -0.1) is 0 Å². The fourth-order valence-corrected chi connectivity index (χ4v) is 2.80. The van der Waals surface area contributed by atoms with E-state index >= 15 is 0 Å². The third-order valence-electron chi connectivity index (χ3n) is 4.05. The molecule has 0 spiro atoms. The Labute approximate surface area is 119 Å². The number of imidazole rings is 1. The summed E-state index contributed by atoms with van der Waals surface area (Å²) in [6.45, 7) is 0.922. The molecule has 2 atom stereocenters. The Morgan fingerprint density at radius 3 is 2.80 bits per heavy atom. The smallest absolute Gasteiger partial charge is 0.0991 e. The lowest BCUT2D eigenvalue weighted by atomic mass is 10.2. The molecule has 0 saturated heterocycles. The van der Waals surface area contributed by atoms with E-state index < -0.39 is 0 Å². The molecular weight excluding hydrogens is 250 g/mol. The Morgan fingerprint density at radius 1 is 1.30 bits per heavy atom. The van der Waals surface area contributed by atoms with Gasteiger partial charge in [0.15, 0.2) is 0 Å². The molecule has 0 bridgehead atoms. The monoisotopic (exact) mass is 271 g/mol. The summed E-state index contributed by atoms with van der Waals surface area (Å²) in [6.07, 6.45) is 9.52. The van der Waals surface area contributed by atoms with Crippen LogP contribution in [0.3, 0.4) is 0 Å². The Balaban J connectivity index is 1.54. The third-order valence-corrected chi connectivity index (χ3v) is 4.05. The molecule has 1 saturated carbocycles. The van der Waals surface area contributed by atoms with Gasteiger partial charge in [-0.25, -0.2) is 4.98 Å². The van der Waals surface area contributed by atoms with Crippen molar-refractivity contribution >= 4 is 0 Å². The minimum absolute atomic E-state index is 0.441. The number of rotatable bonds is 5. The maximum absolute atomic E-state index is 5.40. The molecule has 0 aliphatic heterocycles. The van der Waals surface area contributed by atoms with E-state index in [2.05, 4.69) is 34.6 Å². The molecule has 2 aromatic rings. The zero-order valence-electron chi connectivity index (χ0n) is 11.8. The number of aromatic nitrogens is 2. The van der Waals surface area contributed by atoms with E-state index in [1.54, 1.807) is 6.20 Å². The molecular formula is C16H21N3O. The minimum atomic E-state index is 0.441. The van der Waals surface area contributed by atoms with E-state index in [-0.39, 0.29) is 0 Å². The van der Waals surface area contributed by atoms with Crippen LogP contribution in [0.2, 0.25) is 0 Å². The highest BCUT2D eigenvalue weighted by Gasteiger charge is 2.23. The number of hydrogen-bond acceptors (Lipinski definition) is 3. The fraction of sp³-hybridized carbons (Fsp3) is 0.438. The highest BCUT2D eigenvalue weighted by molar-refractivity contribution is 5.34. The third kappa shape index (κ3) is 3.08. The largest absolute Gasteiger partial charge is 0.381 e. The lowest BCUT2D eigenvalue weighted by molar-refractivity contribution is 0.107. The molecule has 3 rings (SSSR count). The van der Waals surface area contributed by atoms with Crippen LogP contribution in [0.5, 0.6) is 0 Å². The van der Waals surface area contributed by atoms with Crippen LogP contribution in [0.4, 0.5) is 0 Å². The van der Waals surface area contributed by atoms with Crippen molar-refractivity contribution in [3.63, 3.8) is 0 Å². The van der Waals surface area contributed by atoms with Crippen LogP contribution in [-0.2, 0) is 11.3 Å². The molecule has 1 aromatic carbocycles. The molecule has 0 radical (unpaired) electrons. The second-order valence-corrected chi connectivity index (χ2v) is 5.38. The summed E-state index contributed by atoms with van der Waals surface area (Å²) in [7, 11) is 1.81. The molecule has 1 aliphatic carbocycles. The van der Waals surface area contributed by atoms with E-state index in [1.807, 2.05) is 24.2 Å². The molecule has 1 N–H and O–H groups in total. The van der Waals surface area contributed by atoms with Gasteiger partial charge in [0.05, 0.1) is 12.4 Å². The standard InChI is InChI=1S/C16H21N3O/c1-20-16-7-4-14(10-16)18-11-13-2-5-15(6-3-13)19-9-8-17-12-19/h2-3,5-6,8-9,12,14,16,18H,4,7,10-11H2,1H3. The zero-order valence-corrected chi connectivity index (χ0v) is 11.8. The topological polar surface area (TPSA) is 39.1 Å². The van der Waals surface area contributed by atoms with Gasteiger partial charge in [-0.05, 0) is 37.0 Å². The van der Waals surface area contributed by atoms with Gasteiger partial charge in [-0.3, -0.25) is 0 Å². The molecule has 1 fully saturated rings. The highest BCUT2D eigenvalue weighted by atomic mass is 16.5. The predicted molar refractivity (Wildman–Crippen MR) is 78.8 cm³/mol. The average Bonchev–Trinajstić information content (AvgIpc) is 3.17. The fourth-order valence-electron chi connectivity index (χ4n) is 2.80. The number of benzene rings is 1. The molecule has 0 amide bonds. The van der Waals surface area contributed by atoms with E-state index in [9.17, 15) is 0 Å². The first-order valence-corrected chi connectivity index (χ1v) is 7.18. The number of nitrogens with zero attached hydrogens (tertiary/aromatic N) is 2. The summed E-state index contributed by atoms with van der Waals surface area (Å²) in [5, 5.41) is 3.62. The van der Waals surface area contributed by atoms with Crippen LogP contribution in [0, 0.1) is 0 Å². The lowest BCUT2D eigenvalue weighted by Gasteiger charge is -2.13. The average molecular weight is 271 g/mol. The van der Waals surface area contributed by atoms with Crippen molar-refractivity contribution in [2.75, 3.05) is 7.11 Å². The van der Waals surface area contributed by atoms with Crippen LogP contribution < -0.4 is 5.32 Å². The highest BCUT2D eigenvalue weighted by Crippen LogP contribution is 2.21. The molecule has 4 nitrogen and oxygen atoms in total. The predicted octanol–water partition coefficient (Wildman–Crippen LogP) is 2.53. The molecule has 1 aliphatic rings. The van der Waals surface area contributed by atoms with Crippen molar-refractivity contribution in [2.45, 2.75) is 38.0 Å². The Hall–Kier alpha value is -1.65. The summed E-state index contributed by atoms with van der Waals surface area (Å²) in [5.41, 5.74) is 2.46. The summed E-state index contributed by atoms with van der Waals surface area (Å²) >= 11 is 0. The summed E-state index contributed by atoms with van der Waals surface area (Å²) in [6, 6.07) is 9.19. The number of hydrogen-bond donors (Lipinski definition) is 1. The van der Waals surface area contributed by atoms with Gasteiger partial charge >= 0.3 is 0 Å². The molecule has 106 valence electrons.